The Morgan fingerprint density at radius 3 is 2.27 bits per heavy atom. The molecule has 0 aliphatic carbocycles. The highest BCUT2D eigenvalue weighted by molar-refractivity contribution is 5.91. The van der Waals surface area contributed by atoms with Crippen LogP contribution < -0.4 is 10.6 Å². The van der Waals surface area contributed by atoms with E-state index in [0.29, 0.717) is 12.4 Å². The summed E-state index contributed by atoms with van der Waals surface area (Å²) in [4.78, 5) is 27.0. The van der Waals surface area contributed by atoms with E-state index in [1.807, 2.05) is 57.2 Å². The Balaban J connectivity index is 1.57. The van der Waals surface area contributed by atoms with Gasteiger partial charge in [-0.25, -0.2) is 9.48 Å². The molecule has 180 valence electrons. The Hall–Kier alpha value is -2.87. The molecule has 8 nitrogen and oxygen atoms in total. The Bertz CT molecular complexity index is 949. The van der Waals surface area contributed by atoms with E-state index in [9.17, 15) is 9.59 Å². The molecule has 0 atom stereocenters. The first-order chi connectivity index (χ1) is 15.4. The van der Waals surface area contributed by atoms with E-state index in [1.54, 1.807) is 4.68 Å². The van der Waals surface area contributed by atoms with Crippen LogP contribution in [0.15, 0.2) is 36.4 Å². The van der Waals surface area contributed by atoms with Gasteiger partial charge in [0.05, 0.1) is 17.9 Å². The number of alkyl carbamates (subject to hydrolysis) is 1. The maximum atomic E-state index is 12.9. The molecule has 0 bridgehead atoms. The number of nitrogens with zero attached hydrogens (tertiary/aromatic N) is 3. The molecule has 8 heteroatoms. The number of benzene rings is 1. The van der Waals surface area contributed by atoms with Crippen molar-refractivity contribution in [3.63, 3.8) is 0 Å². The van der Waals surface area contributed by atoms with Crippen LogP contribution in [0.25, 0.3) is 5.69 Å². The summed E-state index contributed by atoms with van der Waals surface area (Å²) in [5.41, 5.74) is 1.16. The lowest BCUT2D eigenvalue weighted by Gasteiger charge is -2.32. The molecule has 1 aliphatic heterocycles. The van der Waals surface area contributed by atoms with Crippen LogP contribution in [0.5, 0.6) is 0 Å². The smallest absolute Gasteiger partial charge is 0.407 e. The van der Waals surface area contributed by atoms with Crippen LogP contribution in [-0.4, -0.2) is 58.0 Å². The van der Waals surface area contributed by atoms with Crippen LogP contribution in [0.1, 0.15) is 60.1 Å². The Labute approximate surface area is 196 Å². The van der Waals surface area contributed by atoms with Crippen LogP contribution in [0, 0.1) is 0 Å². The number of nitrogens with one attached hydrogen (secondary N) is 2. The summed E-state index contributed by atoms with van der Waals surface area (Å²) < 4.78 is 7.12. The van der Waals surface area contributed by atoms with Crippen molar-refractivity contribution in [3.05, 3.63) is 42.1 Å². The summed E-state index contributed by atoms with van der Waals surface area (Å²) in [6, 6.07) is 11.8. The number of para-hydroxylation sites is 1. The van der Waals surface area contributed by atoms with Gasteiger partial charge in [0.15, 0.2) is 0 Å². The first-order valence-corrected chi connectivity index (χ1v) is 11.6. The van der Waals surface area contributed by atoms with E-state index < -0.39 is 5.60 Å². The lowest BCUT2D eigenvalue weighted by Crippen LogP contribution is -2.47. The second-order valence-electron chi connectivity index (χ2n) is 10.7. The monoisotopic (exact) mass is 455 g/mol. The number of aromatic nitrogens is 2. The lowest BCUT2D eigenvalue weighted by atomic mass is 9.92. The van der Waals surface area contributed by atoms with Gasteiger partial charge in [0.1, 0.15) is 11.4 Å². The summed E-state index contributed by atoms with van der Waals surface area (Å²) in [6.45, 7) is 13.6. The second-order valence-corrected chi connectivity index (χ2v) is 10.7. The molecule has 1 aromatic carbocycles. The predicted molar refractivity (Wildman–Crippen MR) is 130 cm³/mol. The van der Waals surface area contributed by atoms with Gasteiger partial charge in [0.25, 0.3) is 0 Å². The molecule has 2 aromatic rings. The predicted octanol–water partition coefficient (Wildman–Crippen LogP) is 4.10. The number of carbonyl (C=O) groups excluding carboxylic acids is 2. The summed E-state index contributed by atoms with van der Waals surface area (Å²) in [5.74, 6) is 0.587. The van der Waals surface area contributed by atoms with Gasteiger partial charge in [0, 0.05) is 30.6 Å². The summed E-state index contributed by atoms with van der Waals surface area (Å²) in [6.07, 6.45) is 1.17. The van der Waals surface area contributed by atoms with Crippen LogP contribution in [0.4, 0.5) is 10.6 Å². The van der Waals surface area contributed by atoms with Crippen molar-refractivity contribution in [2.24, 2.45) is 0 Å². The summed E-state index contributed by atoms with van der Waals surface area (Å²) in [7, 11) is 0. The molecule has 1 aromatic heterocycles. The average molecular weight is 456 g/mol. The number of amides is 2. The van der Waals surface area contributed by atoms with Crippen molar-refractivity contribution < 1.29 is 14.3 Å². The molecule has 0 radical (unpaired) electrons. The van der Waals surface area contributed by atoms with Crippen molar-refractivity contribution in [2.45, 2.75) is 71.4 Å². The molecule has 3 rings (SSSR count). The Morgan fingerprint density at radius 1 is 1.06 bits per heavy atom. The van der Waals surface area contributed by atoms with Gasteiger partial charge in [-0.05, 0) is 45.7 Å². The average Bonchev–Trinajstić information content (AvgIpc) is 3.13. The van der Waals surface area contributed by atoms with Gasteiger partial charge in [-0.1, -0.05) is 39.0 Å². The second kappa shape index (κ2) is 9.95. The SMILES string of the molecule is CC(C)(C)OC(=O)NC1CCN(CC(=O)Nc2cc(C(C)(C)C)nn2-c2ccccc2)CC1. The number of likely N-dealkylation sites (tertiary alicyclic amines) is 1. The summed E-state index contributed by atoms with van der Waals surface area (Å²) in [5, 5.41) is 10.7. The molecule has 33 heavy (non-hydrogen) atoms. The highest BCUT2D eigenvalue weighted by Crippen LogP contribution is 2.26. The largest absolute Gasteiger partial charge is 0.444 e. The molecular weight excluding hydrogens is 418 g/mol. The molecule has 0 spiro atoms. The van der Waals surface area contributed by atoms with Crippen LogP contribution >= 0.6 is 0 Å². The third kappa shape index (κ3) is 7.32. The molecule has 1 fully saturated rings. The molecule has 2 amide bonds. The van der Waals surface area contributed by atoms with E-state index >= 15 is 0 Å². The van der Waals surface area contributed by atoms with Crippen LogP contribution in [0.2, 0.25) is 0 Å². The van der Waals surface area contributed by atoms with Gasteiger partial charge in [-0.3, -0.25) is 9.69 Å². The maximum absolute atomic E-state index is 12.9. The molecule has 1 aliphatic rings. The minimum Gasteiger partial charge on any atom is -0.444 e. The molecule has 0 unspecified atom stereocenters. The quantitative estimate of drug-likeness (QED) is 0.709. The van der Waals surface area contributed by atoms with Gasteiger partial charge < -0.3 is 15.4 Å². The fraction of sp³-hybridized carbons (Fsp3) is 0.560. The zero-order valence-electron chi connectivity index (χ0n) is 20.6. The van der Waals surface area contributed by atoms with Crippen molar-refractivity contribution in [3.8, 4) is 5.69 Å². The lowest BCUT2D eigenvalue weighted by molar-refractivity contribution is -0.117. The van der Waals surface area contributed by atoms with Crippen LogP contribution in [-0.2, 0) is 14.9 Å². The molecule has 2 heterocycles. The minimum atomic E-state index is -0.512. The number of hydrogen-bond donors (Lipinski definition) is 2. The zero-order chi connectivity index (χ0) is 24.2. The number of hydrogen-bond acceptors (Lipinski definition) is 5. The van der Waals surface area contributed by atoms with Gasteiger partial charge in [-0.2, -0.15) is 5.10 Å². The van der Waals surface area contributed by atoms with Crippen molar-refractivity contribution in [1.29, 1.82) is 0 Å². The normalized spacial score (nSPS) is 15.8. The Morgan fingerprint density at radius 2 is 1.70 bits per heavy atom. The van der Waals surface area contributed by atoms with Gasteiger partial charge in [0.2, 0.25) is 5.91 Å². The molecular formula is C25H37N5O3. The van der Waals surface area contributed by atoms with Crippen molar-refractivity contribution in [2.75, 3.05) is 25.0 Å². The van der Waals surface area contributed by atoms with E-state index in [2.05, 4.69) is 36.3 Å². The third-order valence-electron chi connectivity index (χ3n) is 5.42. The number of ether oxygens (including phenoxy) is 1. The number of rotatable bonds is 5. The Kier molecular flexibility index (Phi) is 7.47. The van der Waals surface area contributed by atoms with E-state index in [1.165, 1.54) is 0 Å². The highest BCUT2D eigenvalue weighted by Gasteiger charge is 2.26. The van der Waals surface area contributed by atoms with Crippen molar-refractivity contribution >= 4 is 17.8 Å². The number of piperidine rings is 1. The van der Waals surface area contributed by atoms with Crippen LogP contribution in [0.3, 0.4) is 0 Å². The zero-order valence-corrected chi connectivity index (χ0v) is 20.6. The summed E-state index contributed by atoms with van der Waals surface area (Å²) >= 11 is 0. The number of carbonyl (C=O) groups is 2. The fourth-order valence-corrected chi connectivity index (χ4v) is 3.70. The fourth-order valence-electron chi connectivity index (χ4n) is 3.70. The first-order valence-electron chi connectivity index (χ1n) is 11.6. The minimum absolute atomic E-state index is 0.0630. The molecule has 2 N–H and O–H groups in total. The van der Waals surface area contributed by atoms with E-state index in [4.69, 9.17) is 9.84 Å². The highest BCUT2D eigenvalue weighted by atomic mass is 16.6. The topological polar surface area (TPSA) is 88.5 Å². The first kappa shape index (κ1) is 24.8. The third-order valence-corrected chi connectivity index (χ3v) is 5.42. The number of anilines is 1. The molecule has 1 saturated heterocycles. The standard InChI is InChI=1S/C25H37N5O3/c1-24(2,3)20-16-21(30(28-20)19-10-8-7-9-11-19)27-22(31)17-29-14-12-18(13-15-29)26-23(32)33-25(4,5)6/h7-11,16,18H,12-15,17H2,1-6H3,(H,26,32)(H,27,31). The molecule has 0 saturated carbocycles. The van der Waals surface area contributed by atoms with Gasteiger partial charge >= 0.3 is 6.09 Å². The maximum Gasteiger partial charge on any atom is 0.407 e. The van der Waals surface area contributed by atoms with Crippen molar-refractivity contribution in [1.82, 2.24) is 20.0 Å². The van der Waals surface area contributed by atoms with E-state index in [0.717, 1.165) is 37.3 Å². The van der Waals surface area contributed by atoms with E-state index in [-0.39, 0.29) is 23.5 Å². The van der Waals surface area contributed by atoms with Gasteiger partial charge in [-0.15, -0.1) is 0 Å².